The quantitative estimate of drug-likeness (QED) is 0.562. The summed E-state index contributed by atoms with van der Waals surface area (Å²) in [6.07, 6.45) is -3.31. The van der Waals surface area contributed by atoms with Crippen LogP contribution in [0.25, 0.3) is 0 Å². The minimum Gasteiger partial charge on any atom is -0.497 e. The van der Waals surface area contributed by atoms with Crippen molar-refractivity contribution < 1.29 is 32.3 Å². The molecule has 194 valence electrons. The van der Waals surface area contributed by atoms with Crippen molar-refractivity contribution in [2.75, 3.05) is 44.7 Å². The summed E-state index contributed by atoms with van der Waals surface area (Å²) in [7, 11) is 1.52. The summed E-state index contributed by atoms with van der Waals surface area (Å²) >= 11 is 0. The highest BCUT2D eigenvalue weighted by Gasteiger charge is 2.27. The molecule has 1 fully saturated rings. The smallest absolute Gasteiger partial charge is 0.324 e. The minimum absolute atomic E-state index is 0.116. The van der Waals surface area contributed by atoms with E-state index in [9.17, 15) is 27.6 Å². The van der Waals surface area contributed by atoms with E-state index in [4.69, 9.17) is 4.74 Å². The number of rotatable bonds is 7. The van der Waals surface area contributed by atoms with E-state index < -0.39 is 24.1 Å². The third kappa shape index (κ3) is 6.66. The molecular weight excluding hydrogens is 479 g/mol. The van der Waals surface area contributed by atoms with Crippen molar-refractivity contribution >= 4 is 23.5 Å². The molecule has 1 saturated heterocycles. The largest absolute Gasteiger partial charge is 0.497 e. The van der Waals surface area contributed by atoms with Crippen molar-refractivity contribution in [2.24, 2.45) is 0 Å². The van der Waals surface area contributed by atoms with Gasteiger partial charge in [0.05, 0.1) is 13.7 Å². The monoisotopic (exact) mass is 507 g/mol. The molecule has 1 aliphatic heterocycles. The molecule has 2 aromatic rings. The van der Waals surface area contributed by atoms with Crippen LogP contribution >= 0.6 is 0 Å². The molecule has 36 heavy (non-hydrogen) atoms. The predicted octanol–water partition coefficient (Wildman–Crippen LogP) is 2.62. The summed E-state index contributed by atoms with van der Waals surface area (Å²) in [6, 6.07) is 10.0. The van der Waals surface area contributed by atoms with Crippen molar-refractivity contribution in [2.45, 2.75) is 19.9 Å². The number of nitrogens with one attached hydrogen (secondary N) is 2. The van der Waals surface area contributed by atoms with E-state index in [2.05, 4.69) is 11.8 Å². The lowest BCUT2D eigenvalue weighted by Gasteiger charge is -2.37. The zero-order valence-electron chi connectivity index (χ0n) is 20.0. The Morgan fingerprint density at radius 3 is 2.25 bits per heavy atom. The molecule has 3 rings (SSSR count). The summed E-state index contributed by atoms with van der Waals surface area (Å²) in [5.74, 6) is -2.83. The van der Waals surface area contributed by atoms with Crippen LogP contribution in [0.15, 0.2) is 42.5 Å². The van der Waals surface area contributed by atoms with E-state index in [1.165, 1.54) is 24.1 Å². The summed E-state index contributed by atoms with van der Waals surface area (Å²) in [5, 5.41) is 0. The fraction of sp³-hybridized carbons (Fsp3) is 0.375. The Bertz CT molecular complexity index is 1080. The fourth-order valence-corrected chi connectivity index (χ4v) is 3.69. The Morgan fingerprint density at radius 2 is 1.69 bits per heavy atom. The summed E-state index contributed by atoms with van der Waals surface area (Å²) in [5.41, 5.74) is 3.84. The molecule has 0 bridgehead atoms. The van der Waals surface area contributed by atoms with Crippen molar-refractivity contribution in [1.29, 1.82) is 0 Å². The van der Waals surface area contributed by atoms with Gasteiger partial charge in [-0.1, -0.05) is 13.0 Å². The number of amides is 4. The summed E-state index contributed by atoms with van der Waals surface area (Å²) in [4.78, 5) is 41.8. The van der Waals surface area contributed by atoms with Crippen molar-refractivity contribution in [3.63, 3.8) is 0 Å². The van der Waals surface area contributed by atoms with Crippen molar-refractivity contribution in [3.05, 3.63) is 59.4 Å². The number of hydrogen-bond donors (Lipinski definition) is 2. The van der Waals surface area contributed by atoms with Gasteiger partial charge in [-0.2, -0.15) is 8.78 Å². The molecule has 0 aromatic heterocycles. The number of alkyl halides is 2. The number of likely N-dealkylation sites (N-methyl/N-ethyl adjacent to an activating group) is 1. The number of piperazine rings is 1. The highest BCUT2D eigenvalue weighted by Crippen LogP contribution is 2.24. The Labute approximate surface area is 206 Å². The topological polar surface area (TPSA) is 94.2 Å². The average Bonchev–Trinajstić information content (AvgIpc) is 2.90. The fourth-order valence-electron chi connectivity index (χ4n) is 3.69. The molecule has 2 N–H and O–H groups in total. The first-order valence-electron chi connectivity index (χ1n) is 11.3. The minimum atomic E-state index is -3.31. The number of hydrazine groups is 1. The second-order valence-corrected chi connectivity index (χ2v) is 8.04. The zero-order valence-corrected chi connectivity index (χ0v) is 20.0. The zero-order chi connectivity index (χ0) is 26.2. The van der Waals surface area contributed by atoms with Gasteiger partial charge in [0.1, 0.15) is 11.6 Å². The lowest BCUT2D eigenvalue weighted by atomic mass is 10.1. The maximum absolute atomic E-state index is 15.0. The molecule has 0 atom stereocenters. The highest BCUT2D eigenvalue weighted by molar-refractivity contribution is 5.96. The lowest BCUT2D eigenvalue weighted by Crippen LogP contribution is -2.52. The Hall–Kier alpha value is -3.80. The first-order valence-corrected chi connectivity index (χ1v) is 11.3. The molecule has 0 spiro atoms. The molecular formula is C24H28F3N5O4. The van der Waals surface area contributed by atoms with E-state index in [1.54, 1.807) is 40.0 Å². The average molecular weight is 508 g/mol. The molecule has 12 heteroatoms. The molecule has 0 unspecified atom stereocenters. The summed E-state index contributed by atoms with van der Waals surface area (Å²) in [6.45, 7) is 5.37. The molecule has 1 heterocycles. The van der Waals surface area contributed by atoms with Crippen LogP contribution in [-0.2, 0) is 11.3 Å². The van der Waals surface area contributed by atoms with Gasteiger partial charge in [0, 0.05) is 43.0 Å². The number of carbonyl (C=O) groups excluding carboxylic acids is 3. The predicted molar refractivity (Wildman–Crippen MR) is 126 cm³/mol. The molecule has 2 aromatic carbocycles. The van der Waals surface area contributed by atoms with Gasteiger partial charge in [0.25, 0.3) is 5.91 Å². The van der Waals surface area contributed by atoms with E-state index in [-0.39, 0.29) is 23.7 Å². The van der Waals surface area contributed by atoms with Crippen molar-refractivity contribution in [3.8, 4) is 5.75 Å². The number of anilines is 1. The third-order valence-electron chi connectivity index (χ3n) is 5.85. The van der Waals surface area contributed by atoms with E-state index in [1.807, 2.05) is 0 Å². The second kappa shape index (κ2) is 12.2. The number of benzene rings is 2. The molecule has 0 radical (unpaired) electrons. The number of carbonyl (C=O) groups is 3. The number of hydrogen-bond acceptors (Lipinski definition) is 5. The summed E-state index contributed by atoms with van der Waals surface area (Å²) < 4.78 is 44.7. The first-order chi connectivity index (χ1) is 17.2. The van der Waals surface area contributed by atoms with Gasteiger partial charge in [0.15, 0.2) is 0 Å². The van der Waals surface area contributed by atoms with Crippen LogP contribution in [-0.4, -0.2) is 73.9 Å². The van der Waals surface area contributed by atoms with Crippen LogP contribution in [0.5, 0.6) is 5.75 Å². The number of urea groups is 1. The highest BCUT2D eigenvalue weighted by atomic mass is 19.3. The Balaban J connectivity index is 1.79. The Kier molecular flexibility index (Phi) is 9.12. The van der Waals surface area contributed by atoms with Crippen LogP contribution in [0.4, 0.5) is 23.7 Å². The van der Waals surface area contributed by atoms with Gasteiger partial charge >= 0.3 is 18.4 Å². The molecule has 1 aliphatic rings. The first kappa shape index (κ1) is 26.8. The second-order valence-electron chi connectivity index (χ2n) is 8.04. The number of ether oxygens (including phenoxy) is 1. The molecule has 4 amide bonds. The molecule has 0 aliphatic carbocycles. The molecule has 0 saturated carbocycles. The normalized spacial score (nSPS) is 13.9. The number of methoxy groups -OCH3 is 1. The molecule has 9 nitrogen and oxygen atoms in total. The van der Waals surface area contributed by atoms with Crippen LogP contribution < -0.4 is 20.5 Å². The van der Waals surface area contributed by atoms with Gasteiger partial charge in [0.2, 0.25) is 0 Å². The van der Waals surface area contributed by atoms with Gasteiger partial charge in [-0.25, -0.2) is 9.18 Å². The van der Waals surface area contributed by atoms with E-state index >= 15 is 0 Å². The van der Waals surface area contributed by atoms with E-state index in [0.717, 1.165) is 25.7 Å². The lowest BCUT2D eigenvalue weighted by molar-refractivity contribution is -0.132. The van der Waals surface area contributed by atoms with Crippen LogP contribution in [0, 0.1) is 5.82 Å². The van der Waals surface area contributed by atoms with Gasteiger partial charge in [-0.3, -0.25) is 25.3 Å². The van der Waals surface area contributed by atoms with Gasteiger partial charge < -0.3 is 14.5 Å². The van der Waals surface area contributed by atoms with Gasteiger partial charge in [-0.15, -0.1) is 0 Å². The third-order valence-corrected chi connectivity index (χ3v) is 5.85. The van der Waals surface area contributed by atoms with Gasteiger partial charge in [-0.05, 0) is 42.9 Å². The number of halogens is 3. The van der Waals surface area contributed by atoms with Crippen LogP contribution in [0.1, 0.15) is 22.8 Å². The maximum atomic E-state index is 15.0. The maximum Gasteiger partial charge on any atom is 0.324 e. The van der Waals surface area contributed by atoms with Crippen LogP contribution in [0.3, 0.4) is 0 Å². The van der Waals surface area contributed by atoms with E-state index in [0.29, 0.717) is 24.5 Å². The number of nitrogens with zero attached hydrogens (tertiary/aromatic N) is 3. The van der Waals surface area contributed by atoms with Crippen LogP contribution in [0.2, 0.25) is 0 Å². The Morgan fingerprint density at radius 1 is 1.03 bits per heavy atom. The van der Waals surface area contributed by atoms with Crippen molar-refractivity contribution in [1.82, 2.24) is 20.7 Å². The SMILES string of the molecule is CCN1CCN(C(=O)N(Cc2ccc(C(=O)NNC(=O)C(F)F)cc2F)c2ccc(OC)cc2)CC1. The standard InChI is InChI=1S/C24H28F3N5O4/c1-3-30-10-12-31(13-11-30)24(35)32(18-6-8-19(36-2)9-7-18)15-17-5-4-16(14-20(17)25)22(33)28-29-23(34)21(26)27/h4-9,14,21H,3,10-13,15H2,1-2H3,(H,28,33)(H,29,34).